The molecule has 0 bridgehead atoms. The Morgan fingerprint density at radius 3 is 3.24 bits per heavy atom. The minimum absolute atomic E-state index is 0.0178. The Morgan fingerprint density at radius 1 is 1.43 bits per heavy atom. The zero-order valence-electron chi connectivity index (χ0n) is 11.5. The largest absolute Gasteiger partial charge is 0.462 e. The normalized spacial score (nSPS) is 25.0. The third-order valence-corrected chi connectivity index (χ3v) is 5.06. The number of furan rings is 1. The summed E-state index contributed by atoms with van der Waals surface area (Å²) in [6.45, 7) is 1.29. The molecule has 1 amide bonds. The summed E-state index contributed by atoms with van der Waals surface area (Å²) >= 11 is 1.44. The molecule has 6 heteroatoms. The summed E-state index contributed by atoms with van der Waals surface area (Å²) in [6.07, 6.45) is 5.05. The van der Waals surface area contributed by atoms with Gasteiger partial charge in [0.05, 0.1) is 25.0 Å². The van der Waals surface area contributed by atoms with Gasteiger partial charge in [0, 0.05) is 11.9 Å². The fraction of sp³-hybridized carbons (Fsp3) is 0.467. The van der Waals surface area contributed by atoms with E-state index in [9.17, 15) is 4.79 Å². The summed E-state index contributed by atoms with van der Waals surface area (Å²) in [5.74, 6) is 0.726. The lowest BCUT2D eigenvalue weighted by Crippen LogP contribution is -2.51. The molecule has 110 valence electrons. The maximum atomic E-state index is 12.7. The Hall–Kier alpha value is -1.66. The first-order chi connectivity index (χ1) is 10.3. The fourth-order valence-electron chi connectivity index (χ4n) is 3.21. The van der Waals surface area contributed by atoms with Crippen molar-refractivity contribution < 1.29 is 13.9 Å². The third kappa shape index (κ3) is 2.28. The van der Waals surface area contributed by atoms with Gasteiger partial charge in [-0.25, -0.2) is 4.98 Å². The lowest BCUT2D eigenvalue weighted by Gasteiger charge is -2.37. The molecule has 3 heterocycles. The van der Waals surface area contributed by atoms with Crippen molar-refractivity contribution in [1.82, 2.24) is 9.88 Å². The molecule has 1 aliphatic heterocycles. The molecule has 2 fully saturated rings. The summed E-state index contributed by atoms with van der Waals surface area (Å²) in [5.41, 5.74) is 0.513. The van der Waals surface area contributed by atoms with Crippen molar-refractivity contribution in [1.29, 1.82) is 0 Å². The van der Waals surface area contributed by atoms with Crippen LogP contribution in [0.1, 0.15) is 29.8 Å². The van der Waals surface area contributed by atoms with Crippen molar-refractivity contribution in [2.75, 3.05) is 13.2 Å². The van der Waals surface area contributed by atoms with E-state index in [4.69, 9.17) is 9.15 Å². The molecule has 4 rings (SSSR count). The van der Waals surface area contributed by atoms with Gasteiger partial charge in [-0.15, -0.1) is 11.3 Å². The smallest absolute Gasteiger partial charge is 0.273 e. The highest BCUT2D eigenvalue weighted by Crippen LogP contribution is 2.31. The van der Waals surface area contributed by atoms with E-state index >= 15 is 0 Å². The molecule has 2 aromatic rings. The molecular formula is C15H16N2O3S. The van der Waals surface area contributed by atoms with Gasteiger partial charge in [-0.1, -0.05) is 0 Å². The van der Waals surface area contributed by atoms with E-state index in [2.05, 4.69) is 4.98 Å². The van der Waals surface area contributed by atoms with Crippen molar-refractivity contribution in [2.45, 2.75) is 31.4 Å². The van der Waals surface area contributed by atoms with Gasteiger partial charge in [0.2, 0.25) is 0 Å². The molecule has 0 aromatic carbocycles. The highest BCUT2D eigenvalue weighted by atomic mass is 32.1. The molecule has 0 N–H and O–H groups in total. The molecule has 0 spiro atoms. The molecule has 21 heavy (non-hydrogen) atoms. The second-order valence-electron chi connectivity index (χ2n) is 5.42. The summed E-state index contributed by atoms with van der Waals surface area (Å²) in [4.78, 5) is 19.1. The van der Waals surface area contributed by atoms with Gasteiger partial charge in [0.1, 0.15) is 5.69 Å². The molecule has 1 saturated heterocycles. The van der Waals surface area contributed by atoms with Crippen LogP contribution < -0.4 is 0 Å². The topological polar surface area (TPSA) is 55.6 Å². The van der Waals surface area contributed by atoms with E-state index in [0.29, 0.717) is 24.6 Å². The maximum Gasteiger partial charge on any atom is 0.273 e. The van der Waals surface area contributed by atoms with E-state index in [1.807, 2.05) is 22.4 Å². The van der Waals surface area contributed by atoms with Gasteiger partial charge >= 0.3 is 0 Å². The van der Waals surface area contributed by atoms with Crippen molar-refractivity contribution in [2.24, 2.45) is 0 Å². The van der Waals surface area contributed by atoms with Crippen LogP contribution in [0.4, 0.5) is 0 Å². The number of ether oxygens (including phenoxy) is 1. The zero-order chi connectivity index (χ0) is 14.2. The van der Waals surface area contributed by atoms with Gasteiger partial charge < -0.3 is 14.1 Å². The zero-order valence-corrected chi connectivity index (χ0v) is 12.3. The highest BCUT2D eigenvalue weighted by Gasteiger charge is 2.39. The van der Waals surface area contributed by atoms with E-state index in [0.717, 1.165) is 24.3 Å². The number of carbonyl (C=O) groups excluding carboxylic acids is 1. The number of thiazole rings is 1. The molecular weight excluding hydrogens is 288 g/mol. The summed E-state index contributed by atoms with van der Waals surface area (Å²) in [7, 11) is 0. The van der Waals surface area contributed by atoms with Crippen LogP contribution in [-0.2, 0) is 4.74 Å². The first kappa shape index (κ1) is 13.0. The Kier molecular flexibility index (Phi) is 3.27. The maximum absolute atomic E-state index is 12.7. The van der Waals surface area contributed by atoms with E-state index in [1.54, 1.807) is 6.26 Å². The van der Waals surface area contributed by atoms with Crippen LogP contribution in [-0.4, -0.2) is 41.1 Å². The SMILES string of the molecule is O=C(c1csc(-c2ccco2)n1)N1CCO[C@@H]2CCC[C@H]21. The first-order valence-electron chi connectivity index (χ1n) is 7.25. The van der Waals surface area contributed by atoms with Gasteiger partial charge in [-0.3, -0.25) is 4.79 Å². The number of hydrogen-bond donors (Lipinski definition) is 0. The molecule has 1 saturated carbocycles. The third-order valence-electron chi connectivity index (χ3n) is 4.20. The minimum Gasteiger partial charge on any atom is -0.462 e. The van der Waals surface area contributed by atoms with Crippen molar-refractivity contribution in [3.8, 4) is 10.8 Å². The number of rotatable bonds is 2. The number of aromatic nitrogens is 1. The van der Waals surface area contributed by atoms with Gasteiger partial charge in [0.15, 0.2) is 10.8 Å². The van der Waals surface area contributed by atoms with Crippen LogP contribution in [0, 0.1) is 0 Å². The average molecular weight is 304 g/mol. The van der Waals surface area contributed by atoms with Crippen molar-refractivity contribution >= 4 is 17.2 Å². The fourth-order valence-corrected chi connectivity index (χ4v) is 3.97. The second-order valence-corrected chi connectivity index (χ2v) is 6.28. The molecule has 1 aliphatic carbocycles. The predicted octanol–water partition coefficient (Wildman–Crippen LogP) is 2.80. The van der Waals surface area contributed by atoms with E-state index in [-0.39, 0.29) is 18.1 Å². The molecule has 0 radical (unpaired) electrons. The number of amides is 1. The molecule has 2 atom stereocenters. The van der Waals surface area contributed by atoms with Crippen LogP contribution in [0.3, 0.4) is 0 Å². The van der Waals surface area contributed by atoms with E-state index in [1.165, 1.54) is 11.3 Å². The first-order valence-corrected chi connectivity index (χ1v) is 8.13. The highest BCUT2D eigenvalue weighted by molar-refractivity contribution is 7.13. The van der Waals surface area contributed by atoms with Crippen LogP contribution in [0.25, 0.3) is 10.8 Å². The quantitative estimate of drug-likeness (QED) is 0.856. The number of nitrogens with zero attached hydrogens (tertiary/aromatic N) is 2. The Bertz CT molecular complexity index is 637. The van der Waals surface area contributed by atoms with Crippen molar-refractivity contribution in [3.05, 3.63) is 29.5 Å². The lowest BCUT2D eigenvalue weighted by atomic mass is 10.1. The monoisotopic (exact) mass is 304 g/mol. The summed E-state index contributed by atoms with van der Waals surface area (Å²) in [5, 5.41) is 2.57. The van der Waals surface area contributed by atoms with Gasteiger partial charge in [-0.05, 0) is 31.4 Å². The molecule has 0 unspecified atom stereocenters. The standard InChI is InChI=1S/C15H16N2O3S/c18-15(17-6-8-20-12-4-1-3-11(12)17)10-9-21-14(16-10)13-5-2-7-19-13/h2,5,7,9,11-12H,1,3-4,6,8H2/t11-,12-/m1/s1. The van der Waals surface area contributed by atoms with Gasteiger partial charge in [0.25, 0.3) is 5.91 Å². The molecule has 2 aromatic heterocycles. The molecule has 2 aliphatic rings. The number of morpholine rings is 1. The summed E-state index contributed by atoms with van der Waals surface area (Å²) in [6, 6.07) is 3.90. The number of fused-ring (bicyclic) bond motifs is 1. The number of carbonyl (C=O) groups is 1. The lowest BCUT2D eigenvalue weighted by molar-refractivity contribution is -0.0447. The van der Waals surface area contributed by atoms with Crippen LogP contribution >= 0.6 is 11.3 Å². The second kappa shape index (κ2) is 5.27. The van der Waals surface area contributed by atoms with E-state index < -0.39 is 0 Å². The molecule has 5 nitrogen and oxygen atoms in total. The van der Waals surface area contributed by atoms with Crippen LogP contribution in [0.2, 0.25) is 0 Å². The Balaban J connectivity index is 1.57. The van der Waals surface area contributed by atoms with Crippen molar-refractivity contribution in [3.63, 3.8) is 0 Å². The summed E-state index contributed by atoms with van der Waals surface area (Å²) < 4.78 is 11.1. The van der Waals surface area contributed by atoms with Gasteiger partial charge in [-0.2, -0.15) is 0 Å². The van der Waals surface area contributed by atoms with Crippen LogP contribution in [0.5, 0.6) is 0 Å². The minimum atomic E-state index is 0.0178. The number of hydrogen-bond acceptors (Lipinski definition) is 5. The van der Waals surface area contributed by atoms with Crippen LogP contribution in [0.15, 0.2) is 28.2 Å². The predicted molar refractivity (Wildman–Crippen MR) is 78.2 cm³/mol. The Morgan fingerprint density at radius 2 is 2.38 bits per heavy atom. The Labute approximate surface area is 126 Å². The average Bonchev–Trinajstić information content (AvgIpc) is 3.23.